The first-order chi connectivity index (χ1) is 9.13. The highest BCUT2D eigenvalue weighted by atomic mass is 16.5. The molecule has 0 aliphatic rings. The molecule has 3 heteroatoms. The number of ketones is 1. The van der Waals surface area contributed by atoms with E-state index in [-0.39, 0.29) is 11.8 Å². The molecule has 0 amide bonds. The van der Waals surface area contributed by atoms with Gasteiger partial charge in [0.25, 0.3) is 0 Å². The zero-order valence-corrected chi connectivity index (χ0v) is 11.5. The van der Waals surface area contributed by atoms with E-state index in [2.05, 4.69) is 0 Å². The van der Waals surface area contributed by atoms with Crippen molar-refractivity contribution in [2.75, 3.05) is 6.61 Å². The van der Waals surface area contributed by atoms with Gasteiger partial charge in [0.15, 0.2) is 0 Å². The lowest BCUT2D eigenvalue weighted by atomic mass is 10.0. The summed E-state index contributed by atoms with van der Waals surface area (Å²) in [5.74, 6) is -0.124. The lowest BCUT2D eigenvalue weighted by molar-refractivity contribution is -0.137. The Morgan fingerprint density at radius 2 is 2.00 bits per heavy atom. The SMILES string of the molecule is CCOC(=O)C=Cc1ccccc1CCCC(C)=O. The Hall–Kier alpha value is -1.90. The maximum absolute atomic E-state index is 11.3. The van der Waals surface area contributed by atoms with E-state index in [1.54, 1.807) is 19.9 Å². The molecule has 0 spiro atoms. The molecule has 3 nitrogen and oxygen atoms in total. The Morgan fingerprint density at radius 3 is 2.68 bits per heavy atom. The van der Waals surface area contributed by atoms with Crippen molar-refractivity contribution in [3.8, 4) is 0 Å². The van der Waals surface area contributed by atoms with Crippen LogP contribution >= 0.6 is 0 Å². The summed E-state index contributed by atoms with van der Waals surface area (Å²) in [4.78, 5) is 22.2. The van der Waals surface area contributed by atoms with Gasteiger partial charge in [-0.25, -0.2) is 4.79 Å². The summed E-state index contributed by atoms with van der Waals surface area (Å²) >= 11 is 0. The molecule has 0 atom stereocenters. The van der Waals surface area contributed by atoms with Crippen LogP contribution in [0.1, 0.15) is 37.8 Å². The highest BCUT2D eigenvalue weighted by molar-refractivity contribution is 5.87. The summed E-state index contributed by atoms with van der Waals surface area (Å²) in [6.07, 6.45) is 5.47. The van der Waals surface area contributed by atoms with Crippen molar-refractivity contribution in [3.05, 3.63) is 41.5 Å². The molecule has 1 aromatic carbocycles. The van der Waals surface area contributed by atoms with Gasteiger partial charge < -0.3 is 9.53 Å². The molecular formula is C16H20O3. The van der Waals surface area contributed by atoms with Crippen molar-refractivity contribution in [1.82, 2.24) is 0 Å². The monoisotopic (exact) mass is 260 g/mol. The summed E-state index contributed by atoms with van der Waals surface area (Å²) in [5.41, 5.74) is 2.14. The van der Waals surface area contributed by atoms with Crippen LogP contribution in [0.4, 0.5) is 0 Å². The molecule has 1 aromatic rings. The van der Waals surface area contributed by atoms with E-state index in [0.29, 0.717) is 13.0 Å². The molecule has 0 fully saturated rings. The van der Waals surface area contributed by atoms with Gasteiger partial charge in [-0.05, 0) is 43.9 Å². The predicted octanol–water partition coefficient (Wildman–Crippen LogP) is 3.17. The van der Waals surface area contributed by atoms with Crippen molar-refractivity contribution in [1.29, 1.82) is 0 Å². The summed E-state index contributed by atoms with van der Waals surface area (Å²) in [6.45, 7) is 3.76. The van der Waals surface area contributed by atoms with Gasteiger partial charge in [0, 0.05) is 12.5 Å². The third-order valence-electron chi connectivity index (χ3n) is 2.72. The normalized spacial score (nSPS) is 10.6. The average Bonchev–Trinajstić information content (AvgIpc) is 2.37. The van der Waals surface area contributed by atoms with Gasteiger partial charge in [0.05, 0.1) is 6.61 Å². The maximum atomic E-state index is 11.3. The van der Waals surface area contributed by atoms with Crippen LogP contribution in [0.15, 0.2) is 30.3 Å². The fourth-order valence-corrected chi connectivity index (χ4v) is 1.80. The van der Waals surface area contributed by atoms with E-state index in [1.807, 2.05) is 24.3 Å². The topological polar surface area (TPSA) is 43.4 Å². The summed E-state index contributed by atoms with van der Waals surface area (Å²) in [5, 5.41) is 0. The van der Waals surface area contributed by atoms with E-state index in [1.165, 1.54) is 6.08 Å². The van der Waals surface area contributed by atoms with Crippen molar-refractivity contribution < 1.29 is 14.3 Å². The van der Waals surface area contributed by atoms with Gasteiger partial charge in [-0.2, -0.15) is 0 Å². The zero-order valence-electron chi connectivity index (χ0n) is 11.5. The van der Waals surface area contributed by atoms with Crippen molar-refractivity contribution >= 4 is 17.8 Å². The van der Waals surface area contributed by atoms with Crippen LogP contribution in [0.25, 0.3) is 6.08 Å². The van der Waals surface area contributed by atoms with Gasteiger partial charge >= 0.3 is 5.97 Å². The number of hydrogen-bond acceptors (Lipinski definition) is 3. The largest absolute Gasteiger partial charge is 0.463 e. The van der Waals surface area contributed by atoms with E-state index < -0.39 is 0 Å². The van der Waals surface area contributed by atoms with Gasteiger partial charge in [0.1, 0.15) is 5.78 Å². The molecule has 0 bridgehead atoms. The molecule has 0 heterocycles. The summed E-state index contributed by atoms with van der Waals surface area (Å²) < 4.78 is 4.85. The number of rotatable bonds is 7. The first-order valence-electron chi connectivity index (χ1n) is 6.55. The Kier molecular flexibility index (Phi) is 6.58. The number of benzene rings is 1. The molecule has 0 saturated carbocycles. The van der Waals surface area contributed by atoms with Crippen LogP contribution in [-0.4, -0.2) is 18.4 Å². The second kappa shape index (κ2) is 8.25. The number of hydrogen-bond donors (Lipinski definition) is 0. The van der Waals surface area contributed by atoms with Crippen LogP contribution in [0.3, 0.4) is 0 Å². The standard InChI is InChI=1S/C16H20O3/c1-3-19-16(18)12-11-15-9-5-4-8-14(15)10-6-7-13(2)17/h4-5,8-9,11-12H,3,6-7,10H2,1-2H3. The molecule has 19 heavy (non-hydrogen) atoms. The highest BCUT2D eigenvalue weighted by Crippen LogP contribution is 2.14. The lowest BCUT2D eigenvalue weighted by Gasteiger charge is -2.05. The lowest BCUT2D eigenvalue weighted by Crippen LogP contribution is -1.99. The van der Waals surface area contributed by atoms with E-state index in [9.17, 15) is 9.59 Å². The fraction of sp³-hybridized carbons (Fsp3) is 0.375. The van der Waals surface area contributed by atoms with Crippen molar-refractivity contribution in [3.63, 3.8) is 0 Å². The first kappa shape index (κ1) is 15.2. The second-order valence-corrected chi connectivity index (χ2v) is 4.34. The molecule has 0 saturated heterocycles. The Labute approximate surface area is 114 Å². The van der Waals surface area contributed by atoms with Gasteiger partial charge in [0.2, 0.25) is 0 Å². The predicted molar refractivity (Wildman–Crippen MR) is 75.7 cm³/mol. The van der Waals surface area contributed by atoms with Crippen LogP contribution in [0.2, 0.25) is 0 Å². The third-order valence-corrected chi connectivity index (χ3v) is 2.72. The molecule has 0 aliphatic carbocycles. The average molecular weight is 260 g/mol. The molecule has 102 valence electrons. The number of esters is 1. The number of carbonyl (C=O) groups excluding carboxylic acids is 2. The molecule has 0 radical (unpaired) electrons. The summed E-state index contributed by atoms with van der Waals surface area (Å²) in [6, 6.07) is 7.87. The van der Waals surface area contributed by atoms with Gasteiger partial charge in [-0.15, -0.1) is 0 Å². The Balaban J connectivity index is 2.67. The Bertz CT molecular complexity index is 461. The maximum Gasteiger partial charge on any atom is 0.330 e. The molecule has 0 aliphatic heterocycles. The van der Waals surface area contributed by atoms with Crippen LogP contribution in [0.5, 0.6) is 0 Å². The fourth-order valence-electron chi connectivity index (χ4n) is 1.80. The molecule has 0 aromatic heterocycles. The minimum Gasteiger partial charge on any atom is -0.463 e. The zero-order chi connectivity index (χ0) is 14.1. The van der Waals surface area contributed by atoms with E-state index >= 15 is 0 Å². The number of aryl methyl sites for hydroxylation is 1. The molecule has 0 N–H and O–H groups in total. The number of carbonyl (C=O) groups is 2. The Morgan fingerprint density at radius 1 is 1.26 bits per heavy atom. The number of Topliss-reactive ketones (excluding diaryl/α,β-unsaturated/α-hetero) is 1. The third kappa shape index (κ3) is 6.00. The van der Waals surface area contributed by atoms with Gasteiger partial charge in [-0.1, -0.05) is 24.3 Å². The van der Waals surface area contributed by atoms with Crippen LogP contribution in [0, 0.1) is 0 Å². The van der Waals surface area contributed by atoms with Crippen molar-refractivity contribution in [2.45, 2.75) is 33.1 Å². The molecule has 0 unspecified atom stereocenters. The van der Waals surface area contributed by atoms with E-state index in [0.717, 1.165) is 24.0 Å². The smallest absolute Gasteiger partial charge is 0.330 e. The van der Waals surface area contributed by atoms with Gasteiger partial charge in [-0.3, -0.25) is 0 Å². The minimum atomic E-state index is -0.332. The first-order valence-corrected chi connectivity index (χ1v) is 6.55. The van der Waals surface area contributed by atoms with Crippen molar-refractivity contribution in [2.24, 2.45) is 0 Å². The molecule has 1 rings (SSSR count). The quantitative estimate of drug-likeness (QED) is 0.558. The van der Waals surface area contributed by atoms with Crippen LogP contribution in [-0.2, 0) is 20.7 Å². The van der Waals surface area contributed by atoms with E-state index in [4.69, 9.17) is 4.74 Å². The highest BCUT2D eigenvalue weighted by Gasteiger charge is 2.01. The van der Waals surface area contributed by atoms with Crippen LogP contribution < -0.4 is 0 Å². The summed E-state index contributed by atoms with van der Waals surface area (Å²) in [7, 11) is 0. The second-order valence-electron chi connectivity index (χ2n) is 4.34. The molecular weight excluding hydrogens is 240 g/mol. The number of ether oxygens (including phenoxy) is 1. The minimum absolute atomic E-state index is 0.208.